The fraction of sp³-hybridized carbons (Fsp3) is 0.214. The summed E-state index contributed by atoms with van der Waals surface area (Å²) in [6, 6.07) is 8.78. The van der Waals surface area contributed by atoms with E-state index >= 15 is 0 Å². The molecule has 1 amide bonds. The van der Waals surface area contributed by atoms with E-state index in [1.54, 1.807) is 24.3 Å². The number of hydrogen-bond acceptors (Lipinski definition) is 4. The SMILES string of the molecule is C=C.O=C(O)CNC(=O)CCSC(=O)c1ccccc1. The van der Waals surface area contributed by atoms with Crippen LogP contribution >= 0.6 is 11.8 Å². The van der Waals surface area contributed by atoms with Crippen LogP contribution in [0.15, 0.2) is 43.5 Å². The van der Waals surface area contributed by atoms with Crippen LogP contribution in [0, 0.1) is 0 Å². The molecule has 0 heterocycles. The zero-order valence-corrected chi connectivity index (χ0v) is 11.8. The molecule has 0 unspecified atom stereocenters. The number of carboxylic acids is 1. The Morgan fingerprint density at radius 2 is 1.75 bits per heavy atom. The van der Waals surface area contributed by atoms with Crippen LogP contribution in [0.3, 0.4) is 0 Å². The number of hydrogen-bond donors (Lipinski definition) is 2. The van der Waals surface area contributed by atoms with Gasteiger partial charge >= 0.3 is 5.97 Å². The molecule has 0 aromatic heterocycles. The van der Waals surface area contributed by atoms with Crippen molar-refractivity contribution in [3.05, 3.63) is 49.1 Å². The molecule has 0 radical (unpaired) electrons. The smallest absolute Gasteiger partial charge is 0.322 e. The van der Waals surface area contributed by atoms with Crippen LogP contribution in [0.5, 0.6) is 0 Å². The standard InChI is InChI=1S/C12H13NO4S.C2H4/c14-10(13-8-11(15)16)6-7-18-12(17)9-4-2-1-3-5-9;1-2/h1-5H,6-8H2,(H,13,14)(H,15,16);1-2H2. The fourth-order valence-electron chi connectivity index (χ4n) is 1.16. The average molecular weight is 295 g/mol. The van der Waals surface area contributed by atoms with Gasteiger partial charge in [0.15, 0.2) is 0 Å². The summed E-state index contributed by atoms with van der Waals surface area (Å²) in [7, 11) is 0. The summed E-state index contributed by atoms with van der Waals surface area (Å²) in [5.74, 6) is -1.12. The predicted molar refractivity (Wildman–Crippen MR) is 79.7 cm³/mol. The number of amides is 1. The Bertz CT molecular complexity index is 448. The summed E-state index contributed by atoms with van der Waals surface area (Å²) in [6.07, 6.45) is 0.122. The topological polar surface area (TPSA) is 83.5 Å². The van der Waals surface area contributed by atoms with Crippen molar-refractivity contribution >= 4 is 28.8 Å². The Hall–Kier alpha value is -2.08. The third-order valence-electron chi connectivity index (χ3n) is 2.01. The van der Waals surface area contributed by atoms with E-state index in [1.807, 2.05) is 6.07 Å². The predicted octanol–water partition coefficient (Wildman–Crippen LogP) is 1.95. The summed E-state index contributed by atoms with van der Waals surface area (Å²) in [5, 5.41) is 10.5. The van der Waals surface area contributed by atoms with Gasteiger partial charge in [0.2, 0.25) is 11.0 Å². The minimum absolute atomic E-state index is 0.0957. The molecule has 1 aromatic carbocycles. The number of carboxylic acid groups (broad SMARTS) is 1. The lowest BCUT2D eigenvalue weighted by Gasteiger charge is -2.02. The highest BCUT2D eigenvalue weighted by atomic mass is 32.2. The van der Waals surface area contributed by atoms with Gasteiger partial charge < -0.3 is 10.4 Å². The molecular weight excluding hydrogens is 278 g/mol. The minimum atomic E-state index is -1.09. The summed E-state index contributed by atoms with van der Waals surface area (Å²) in [4.78, 5) is 33.0. The van der Waals surface area contributed by atoms with Crippen LogP contribution < -0.4 is 5.32 Å². The lowest BCUT2D eigenvalue weighted by Crippen LogP contribution is -2.29. The zero-order valence-electron chi connectivity index (χ0n) is 11.0. The summed E-state index contributed by atoms with van der Waals surface area (Å²) < 4.78 is 0. The molecule has 0 bridgehead atoms. The molecule has 108 valence electrons. The Morgan fingerprint density at radius 3 is 2.30 bits per heavy atom. The van der Waals surface area contributed by atoms with Gasteiger partial charge in [-0.15, -0.1) is 13.2 Å². The fourth-order valence-corrected chi connectivity index (χ4v) is 1.93. The molecule has 2 N–H and O–H groups in total. The van der Waals surface area contributed by atoms with Crippen molar-refractivity contribution in [3.63, 3.8) is 0 Å². The van der Waals surface area contributed by atoms with Gasteiger partial charge in [-0.25, -0.2) is 0 Å². The van der Waals surface area contributed by atoms with Crippen molar-refractivity contribution in [2.24, 2.45) is 0 Å². The molecule has 1 rings (SSSR count). The van der Waals surface area contributed by atoms with Crippen molar-refractivity contribution < 1.29 is 19.5 Å². The van der Waals surface area contributed by atoms with E-state index in [9.17, 15) is 14.4 Å². The van der Waals surface area contributed by atoms with Crippen LogP contribution in [0.1, 0.15) is 16.8 Å². The number of aliphatic carboxylic acids is 1. The van der Waals surface area contributed by atoms with Crippen molar-refractivity contribution in [3.8, 4) is 0 Å². The summed E-state index contributed by atoms with van der Waals surface area (Å²) in [5.41, 5.74) is 0.591. The lowest BCUT2D eigenvalue weighted by molar-refractivity contribution is -0.137. The van der Waals surface area contributed by atoms with Crippen molar-refractivity contribution in [2.45, 2.75) is 6.42 Å². The molecule has 0 atom stereocenters. The maximum atomic E-state index is 11.6. The second kappa shape index (κ2) is 10.8. The summed E-state index contributed by atoms with van der Waals surface area (Å²) in [6.45, 7) is 5.61. The molecule has 0 saturated heterocycles. The van der Waals surface area contributed by atoms with E-state index in [-0.39, 0.29) is 17.4 Å². The molecule has 0 aliphatic carbocycles. The van der Waals surface area contributed by atoms with Crippen LogP contribution in [-0.2, 0) is 9.59 Å². The van der Waals surface area contributed by atoms with Gasteiger partial charge in [0, 0.05) is 17.7 Å². The number of nitrogens with one attached hydrogen (secondary N) is 1. The summed E-state index contributed by atoms with van der Waals surface area (Å²) >= 11 is 1.04. The Balaban J connectivity index is 0.00000172. The largest absolute Gasteiger partial charge is 0.480 e. The van der Waals surface area contributed by atoms with Crippen molar-refractivity contribution in [1.29, 1.82) is 0 Å². The number of carbonyl (C=O) groups is 3. The van der Waals surface area contributed by atoms with Gasteiger partial charge in [0.25, 0.3) is 0 Å². The number of rotatable bonds is 6. The highest BCUT2D eigenvalue weighted by Crippen LogP contribution is 2.12. The molecule has 0 spiro atoms. The first-order valence-electron chi connectivity index (χ1n) is 5.80. The van der Waals surface area contributed by atoms with Crippen LogP contribution in [-0.4, -0.2) is 34.4 Å². The molecule has 6 heteroatoms. The van der Waals surface area contributed by atoms with E-state index in [1.165, 1.54) is 0 Å². The van der Waals surface area contributed by atoms with E-state index in [0.717, 1.165) is 11.8 Å². The van der Waals surface area contributed by atoms with Gasteiger partial charge in [-0.05, 0) is 0 Å². The van der Waals surface area contributed by atoms with Gasteiger partial charge in [-0.2, -0.15) is 0 Å². The Labute approximate surface area is 122 Å². The Kier molecular flexibility index (Phi) is 9.68. The second-order valence-electron chi connectivity index (χ2n) is 3.42. The molecule has 0 saturated carbocycles. The highest BCUT2D eigenvalue weighted by Gasteiger charge is 2.08. The first-order chi connectivity index (χ1) is 9.59. The normalized spacial score (nSPS) is 9.00. The van der Waals surface area contributed by atoms with E-state index in [4.69, 9.17) is 5.11 Å². The minimum Gasteiger partial charge on any atom is -0.480 e. The molecular formula is C14H17NO4S. The van der Waals surface area contributed by atoms with Crippen LogP contribution in [0.25, 0.3) is 0 Å². The molecule has 20 heavy (non-hydrogen) atoms. The lowest BCUT2D eigenvalue weighted by atomic mass is 10.2. The van der Waals surface area contributed by atoms with Crippen molar-refractivity contribution in [1.82, 2.24) is 5.32 Å². The number of carbonyl (C=O) groups excluding carboxylic acids is 2. The monoisotopic (exact) mass is 295 g/mol. The third-order valence-corrected chi connectivity index (χ3v) is 2.91. The molecule has 0 aliphatic heterocycles. The number of benzene rings is 1. The van der Waals surface area contributed by atoms with Crippen molar-refractivity contribution in [2.75, 3.05) is 12.3 Å². The molecule has 1 aromatic rings. The first kappa shape index (κ1) is 17.9. The first-order valence-corrected chi connectivity index (χ1v) is 6.79. The van der Waals surface area contributed by atoms with E-state index in [0.29, 0.717) is 11.3 Å². The van der Waals surface area contributed by atoms with Gasteiger partial charge in [-0.3, -0.25) is 14.4 Å². The van der Waals surface area contributed by atoms with Gasteiger partial charge in [-0.1, -0.05) is 42.1 Å². The van der Waals surface area contributed by atoms with E-state index in [2.05, 4.69) is 18.5 Å². The van der Waals surface area contributed by atoms with E-state index < -0.39 is 12.5 Å². The maximum absolute atomic E-state index is 11.6. The Morgan fingerprint density at radius 1 is 1.15 bits per heavy atom. The molecule has 5 nitrogen and oxygen atoms in total. The third kappa shape index (κ3) is 8.10. The quantitative estimate of drug-likeness (QED) is 0.784. The zero-order chi connectivity index (χ0) is 15.4. The van der Waals surface area contributed by atoms with Crippen LogP contribution in [0.4, 0.5) is 0 Å². The molecule has 0 fully saturated rings. The second-order valence-corrected chi connectivity index (χ2v) is 4.49. The number of thioether (sulfide) groups is 1. The highest BCUT2D eigenvalue weighted by molar-refractivity contribution is 8.14. The average Bonchev–Trinajstić information content (AvgIpc) is 2.48. The van der Waals surface area contributed by atoms with Gasteiger partial charge in [0.05, 0.1) is 0 Å². The van der Waals surface area contributed by atoms with Crippen LogP contribution in [0.2, 0.25) is 0 Å². The molecule has 0 aliphatic rings. The maximum Gasteiger partial charge on any atom is 0.322 e. The van der Waals surface area contributed by atoms with Gasteiger partial charge in [0.1, 0.15) is 6.54 Å².